The fourth-order valence-corrected chi connectivity index (χ4v) is 3.00. The first-order valence-corrected chi connectivity index (χ1v) is 9.22. The first-order valence-electron chi connectivity index (χ1n) is 9.22. The minimum atomic E-state index is 0. The van der Waals surface area contributed by atoms with E-state index in [2.05, 4.69) is 65.6 Å². The maximum Gasteiger partial charge on any atom is 0.191 e. The van der Waals surface area contributed by atoms with Crippen LogP contribution in [0.2, 0.25) is 0 Å². The Morgan fingerprint density at radius 3 is 2.58 bits per heavy atom. The summed E-state index contributed by atoms with van der Waals surface area (Å²) in [6, 6.07) is 15.5. The number of hydrogen-bond donors (Lipinski definition) is 2. The van der Waals surface area contributed by atoms with Gasteiger partial charge < -0.3 is 10.6 Å². The molecule has 5 heteroatoms. The molecule has 1 fully saturated rings. The average molecular weight is 464 g/mol. The van der Waals surface area contributed by atoms with Crippen molar-refractivity contribution in [2.75, 3.05) is 6.54 Å². The van der Waals surface area contributed by atoms with Crippen molar-refractivity contribution >= 4 is 29.9 Å². The standard InChI is InChI=1S/C21H28N4.HI/c1-4-22-21(24-14-18-7-5-6-12-23-18)25-20-13-19(20)17-10-8-16(9-11-17)15(2)3;/h5-12,15,19-20H,4,13-14H2,1-3H3,(H2,22,24,25);1H. The van der Waals surface area contributed by atoms with Gasteiger partial charge in [-0.1, -0.05) is 44.2 Å². The highest BCUT2D eigenvalue weighted by Crippen LogP contribution is 2.41. The van der Waals surface area contributed by atoms with Crippen LogP contribution in [0.4, 0.5) is 0 Å². The highest BCUT2D eigenvalue weighted by atomic mass is 127. The zero-order valence-corrected chi connectivity index (χ0v) is 18.1. The molecule has 26 heavy (non-hydrogen) atoms. The fraction of sp³-hybridized carbons (Fsp3) is 0.429. The highest BCUT2D eigenvalue weighted by molar-refractivity contribution is 14.0. The number of guanidine groups is 1. The lowest BCUT2D eigenvalue weighted by molar-refractivity contribution is 0.791. The quantitative estimate of drug-likeness (QED) is 0.378. The van der Waals surface area contributed by atoms with Crippen LogP contribution in [-0.2, 0) is 6.54 Å². The molecule has 1 aliphatic carbocycles. The summed E-state index contributed by atoms with van der Waals surface area (Å²) in [7, 11) is 0. The van der Waals surface area contributed by atoms with Gasteiger partial charge in [-0.25, -0.2) is 4.99 Å². The number of halogens is 1. The van der Waals surface area contributed by atoms with Gasteiger partial charge >= 0.3 is 0 Å². The van der Waals surface area contributed by atoms with Crippen molar-refractivity contribution in [2.45, 2.75) is 51.6 Å². The van der Waals surface area contributed by atoms with Crippen LogP contribution in [-0.4, -0.2) is 23.5 Å². The second-order valence-corrected chi connectivity index (χ2v) is 6.93. The number of benzene rings is 1. The summed E-state index contributed by atoms with van der Waals surface area (Å²) in [6.45, 7) is 8.01. The molecule has 0 radical (unpaired) electrons. The fourth-order valence-electron chi connectivity index (χ4n) is 3.00. The molecule has 1 aromatic heterocycles. The van der Waals surface area contributed by atoms with Gasteiger partial charge in [0.1, 0.15) is 0 Å². The van der Waals surface area contributed by atoms with Crippen LogP contribution < -0.4 is 10.6 Å². The van der Waals surface area contributed by atoms with Gasteiger partial charge in [-0.3, -0.25) is 4.98 Å². The molecule has 0 bridgehead atoms. The summed E-state index contributed by atoms with van der Waals surface area (Å²) < 4.78 is 0. The Morgan fingerprint density at radius 2 is 1.96 bits per heavy atom. The summed E-state index contributed by atoms with van der Waals surface area (Å²) in [5.74, 6) is 2.04. The van der Waals surface area contributed by atoms with Crippen molar-refractivity contribution in [3.8, 4) is 0 Å². The second-order valence-electron chi connectivity index (χ2n) is 6.93. The van der Waals surface area contributed by atoms with E-state index in [0.29, 0.717) is 24.4 Å². The van der Waals surface area contributed by atoms with E-state index in [1.165, 1.54) is 11.1 Å². The predicted octanol–water partition coefficient (Wildman–Crippen LogP) is 4.43. The lowest BCUT2D eigenvalue weighted by Gasteiger charge is -2.11. The van der Waals surface area contributed by atoms with Gasteiger partial charge in [-0.15, -0.1) is 24.0 Å². The molecule has 4 nitrogen and oxygen atoms in total. The van der Waals surface area contributed by atoms with Crippen molar-refractivity contribution in [1.29, 1.82) is 0 Å². The molecule has 2 atom stereocenters. The Balaban J connectivity index is 0.00000243. The van der Waals surface area contributed by atoms with Crippen molar-refractivity contribution in [3.05, 3.63) is 65.5 Å². The van der Waals surface area contributed by atoms with Gasteiger partial charge in [0.15, 0.2) is 5.96 Å². The van der Waals surface area contributed by atoms with Gasteiger partial charge in [-0.2, -0.15) is 0 Å². The molecule has 0 aliphatic heterocycles. The molecule has 2 N–H and O–H groups in total. The zero-order valence-electron chi connectivity index (χ0n) is 15.8. The Bertz CT molecular complexity index is 698. The van der Waals surface area contributed by atoms with E-state index in [9.17, 15) is 0 Å². The number of aromatic nitrogens is 1. The van der Waals surface area contributed by atoms with Crippen LogP contribution in [0, 0.1) is 0 Å². The van der Waals surface area contributed by atoms with Crippen LogP contribution in [0.3, 0.4) is 0 Å². The number of aliphatic imine (C=N–C) groups is 1. The first kappa shape index (κ1) is 20.7. The molecular formula is C21H29IN4. The minimum absolute atomic E-state index is 0. The molecule has 1 aliphatic rings. The largest absolute Gasteiger partial charge is 0.357 e. The Morgan fingerprint density at radius 1 is 1.19 bits per heavy atom. The Labute approximate surface area is 173 Å². The molecule has 1 aromatic carbocycles. The van der Waals surface area contributed by atoms with Crippen LogP contribution >= 0.6 is 24.0 Å². The number of hydrogen-bond acceptors (Lipinski definition) is 2. The van der Waals surface area contributed by atoms with Crippen LogP contribution in [0.1, 0.15) is 55.8 Å². The summed E-state index contributed by atoms with van der Waals surface area (Å²) in [6.07, 6.45) is 2.97. The topological polar surface area (TPSA) is 49.3 Å². The molecule has 0 saturated heterocycles. The van der Waals surface area contributed by atoms with E-state index in [1.54, 1.807) is 0 Å². The number of pyridine rings is 1. The average Bonchev–Trinajstić information content (AvgIpc) is 3.40. The van der Waals surface area contributed by atoms with Gasteiger partial charge in [0.05, 0.1) is 12.2 Å². The number of nitrogens with zero attached hydrogens (tertiary/aromatic N) is 2. The predicted molar refractivity (Wildman–Crippen MR) is 119 cm³/mol. The summed E-state index contributed by atoms with van der Waals surface area (Å²) >= 11 is 0. The monoisotopic (exact) mass is 464 g/mol. The van der Waals surface area contributed by atoms with Crippen molar-refractivity contribution in [1.82, 2.24) is 15.6 Å². The van der Waals surface area contributed by atoms with Gasteiger partial charge in [0.2, 0.25) is 0 Å². The zero-order chi connectivity index (χ0) is 17.6. The van der Waals surface area contributed by atoms with Gasteiger partial charge in [0, 0.05) is 24.7 Å². The maximum atomic E-state index is 4.66. The smallest absolute Gasteiger partial charge is 0.191 e. The molecule has 2 unspecified atom stereocenters. The minimum Gasteiger partial charge on any atom is -0.357 e. The van der Waals surface area contributed by atoms with E-state index in [-0.39, 0.29) is 24.0 Å². The number of rotatable bonds is 6. The highest BCUT2D eigenvalue weighted by Gasteiger charge is 2.38. The first-order chi connectivity index (χ1) is 12.2. The molecule has 2 aromatic rings. The van der Waals surface area contributed by atoms with Crippen molar-refractivity contribution < 1.29 is 0 Å². The lowest BCUT2D eigenvalue weighted by atomic mass is 10.0. The van der Waals surface area contributed by atoms with E-state index < -0.39 is 0 Å². The lowest BCUT2D eigenvalue weighted by Crippen LogP contribution is -2.39. The second kappa shape index (κ2) is 9.90. The number of nitrogens with one attached hydrogen (secondary N) is 2. The maximum absolute atomic E-state index is 4.66. The third-order valence-electron chi connectivity index (χ3n) is 4.61. The van der Waals surface area contributed by atoms with Crippen LogP contribution in [0.15, 0.2) is 53.7 Å². The molecule has 0 spiro atoms. The van der Waals surface area contributed by atoms with Gasteiger partial charge in [0.25, 0.3) is 0 Å². The van der Waals surface area contributed by atoms with E-state index in [4.69, 9.17) is 0 Å². The molecule has 1 saturated carbocycles. The summed E-state index contributed by atoms with van der Waals surface area (Å²) in [5.41, 5.74) is 3.80. The third kappa shape index (κ3) is 5.69. The summed E-state index contributed by atoms with van der Waals surface area (Å²) in [5, 5.41) is 6.89. The van der Waals surface area contributed by atoms with E-state index in [1.807, 2.05) is 24.4 Å². The SMILES string of the molecule is CCNC(=NCc1ccccn1)NC1CC1c1ccc(C(C)C)cc1.I. The van der Waals surface area contributed by atoms with E-state index in [0.717, 1.165) is 24.6 Å². The molecule has 1 heterocycles. The summed E-state index contributed by atoms with van der Waals surface area (Å²) in [4.78, 5) is 8.99. The van der Waals surface area contributed by atoms with Crippen molar-refractivity contribution in [2.24, 2.45) is 4.99 Å². The van der Waals surface area contributed by atoms with Gasteiger partial charge in [-0.05, 0) is 42.5 Å². The van der Waals surface area contributed by atoms with Crippen LogP contribution in [0.5, 0.6) is 0 Å². The molecule has 140 valence electrons. The molecule has 3 rings (SSSR count). The Hall–Kier alpha value is -1.63. The van der Waals surface area contributed by atoms with Crippen molar-refractivity contribution in [3.63, 3.8) is 0 Å². The third-order valence-corrected chi connectivity index (χ3v) is 4.61. The van der Waals surface area contributed by atoms with Crippen LogP contribution in [0.25, 0.3) is 0 Å². The van der Waals surface area contributed by atoms with E-state index >= 15 is 0 Å². The molecule has 0 amide bonds. The normalized spacial score (nSPS) is 19.0. The molecular weight excluding hydrogens is 435 g/mol. The Kier molecular flexibility index (Phi) is 7.87.